The van der Waals surface area contributed by atoms with Gasteiger partial charge in [0.2, 0.25) is 5.91 Å². The van der Waals surface area contributed by atoms with Gasteiger partial charge in [-0.05, 0) is 80.9 Å². The Morgan fingerprint density at radius 3 is 2.07 bits per heavy atom. The van der Waals surface area contributed by atoms with E-state index >= 15 is 0 Å². The molecule has 0 saturated heterocycles. The second-order valence-electron chi connectivity index (χ2n) is 8.89. The molecule has 0 radical (unpaired) electrons. The van der Waals surface area contributed by atoms with Crippen molar-refractivity contribution in [2.75, 3.05) is 10.6 Å². The Kier molecular flexibility index (Phi) is 4.77. The van der Waals surface area contributed by atoms with Gasteiger partial charge in [0.1, 0.15) is 23.9 Å². The summed E-state index contributed by atoms with van der Waals surface area (Å²) in [7, 11) is 0. The first kappa shape index (κ1) is 19.0. The molecular weight excluding hydrogens is 362 g/mol. The minimum absolute atomic E-state index is 0.0998. The maximum atomic E-state index is 13.3. The van der Waals surface area contributed by atoms with Gasteiger partial charge >= 0.3 is 0 Å². The molecule has 0 aromatic heterocycles. The van der Waals surface area contributed by atoms with Gasteiger partial charge in [0.05, 0.1) is 5.41 Å². The minimum atomic E-state index is -0.271. The van der Waals surface area contributed by atoms with E-state index in [0.29, 0.717) is 29.1 Å². The van der Waals surface area contributed by atoms with Crippen molar-refractivity contribution in [2.24, 2.45) is 23.2 Å². The zero-order valence-corrected chi connectivity index (χ0v) is 16.5. The van der Waals surface area contributed by atoms with Crippen LogP contribution in [0.4, 0.5) is 11.4 Å². The lowest BCUT2D eigenvalue weighted by atomic mass is 9.49. The van der Waals surface area contributed by atoms with Gasteiger partial charge in [0.25, 0.3) is 0 Å². The summed E-state index contributed by atoms with van der Waals surface area (Å²) in [5.74, 6) is 2.20. The molecule has 0 unspecified atom stereocenters. The highest BCUT2D eigenvalue weighted by Crippen LogP contribution is 2.60. The van der Waals surface area contributed by atoms with Crippen LogP contribution >= 0.6 is 0 Å². The molecule has 4 saturated carbocycles. The normalized spacial score (nSPS) is 28.6. The Hall–Kier alpha value is -3.30. The summed E-state index contributed by atoms with van der Waals surface area (Å²) >= 11 is 0. The Labute approximate surface area is 170 Å². The topological polar surface area (TPSA) is 112 Å². The molecular formula is C23H23N5O. The van der Waals surface area contributed by atoms with E-state index in [1.54, 1.807) is 24.3 Å². The molecule has 146 valence electrons. The van der Waals surface area contributed by atoms with Crippen molar-refractivity contribution in [1.82, 2.24) is 0 Å². The van der Waals surface area contributed by atoms with Crippen molar-refractivity contribution in [3.63, 3.8) is 0 Å². The van der Waals surface area contributed by atoms with Gasteiger partial charge in [-0.15, -0.1) is 0 Å². The van der Waals surface area contributed by atoms with E-state index in [-0.39, 0.29) is 22.6 Å². The summed E-state index contributed by atoms with van der Waals surface area (Å²) in [6, 6.07) is 10.7. The van der Waals surface area contributed by atoms with Gasteiger partial charge in [-0.1, -0.05) is 6.07 Å². The number of carbonyl (C=O) groups is 1. The van der Waals surface area contributed by atoms with Crippen molar-refractivity contribution in [3.8, 4) is 18.2 Å². The van der Waals surface area contributed by atoms with Crippen molar-refractivity contribution in [1.29, 1.82) is 15.8 Å². The summed E-state index contributed by atoms with van der Waals surface area (Å²) in [5, 5.41) is 33.2. The van der Waals surface area contributed by atoms with Crippen LogP contribution in [0.5, 0.6) is 0 Å². The van der Waals surface area contributed by atoms with Gasteiger partial charge in [0, 0.05) is 11.4 Å². The van der Waals surface area contributed by atoms with Gasteiger partial charge < -0.3 is 10.6 Å². The quantitative estimate of drug-likeness (QED) is 0.747. The summed E-state index contributed by atoms with van der Waals surface area (Å²) in [5.41, 5.74) is 1.57. The molecule has 0 atom stereocenters. The molecule has 6 heteroatoms. The molecule has 1 amide bonds. The highest BCUT2D eigenvalue weighted by molar-refractivity contribution is 5.96. The number of aryl methyl sites for hydroxylation is 1. The highest BCUT2D eigenvalue weighted by Gasteiger charge is 2.54. The van der Waals surface area contributed by atoms with Crippen LogP contribution in [0.1, 0.15) is 44.1 Å². The molecule has 1 aromatic carbocycles. The lowest BCUT2D eigenvalue weighted by Gasteiger charge is -2.55. The van der Waals surface area contributed by atoms with Gasteiger partial charge in [-0.3, -0.25) is 4.79 Å². The van der Waals surface area contributed by atoms with E-state index in [0.717, 1.165) is 24.8 Å². The molecule has 0 spiro atoms. The molecule has 4 aliphatic rings. The maximum absolute atomic E-state index is 13.3. The number of nitrogens with zero attached hydrogens (tertiary/aromatic N) is 3. The summed E-state index contributed by atoms with van der Waals surface area (Å²) in [4.78, 5) is 13.3. The second-order valence-corrected chi connectivity index (χ2v) is 8.89. The third kappa shape index (κ3) is 3.45. The molecule has 4 aliphatic carbocycles. The zero-order chi connectivity index (χ0) is 20.6. The second kappa shape index (κ2) is 7.26. The fraction of sp³-hybridized carbons (Fsp3) is 0.478. The van der Waals surface area contributed by atoms with E-state index in [9.17, 15) is 10.1 Å². The third-order valence-corrected chi connectivity index (χ3v) is 6.86. The number of hydrogen-bond donors (Lipinski definition) is 2. The van der Waals surface area contributed by atoms with Gasteiger partial charge in [0.15, 0.2) is 5.57 Å². The average Bonchev–Trinajstić information content (AvgIpc) is 2.69. The van der Waals surface area contributed by atoms with Crippen molar-refractivity contribution in [2.45, 2.75) is 45.4 Å². The number of nitrogens with one attached hydrogen (secondary N) is 2. The number of benzene rings is 1. The lowest BCUT2D eigenvalue weighted by molar-refractivity contribution is -0.140. The maximum Gasteiger partial charge on any atom is 0.230 e. The van der Waals surface area contributed by atoms with E-state index in [1.165, 1.54) is 19.3 Å². The van der Waals surface area contributed by atoms with Crippen molar-refractivity contribution in [3.05, 3.63) is 35.0 Å². The number of carbonyl (C=O) groups excluding carboxylic acids is 1. The third-order valence-electron chi connectivity index (χ3n) is 6.86. The fourth-order valence-corrected chi connectivity index (χ4v) is 5.91. The molecule has 4 fully saturated rings. The molecule has 0 aliphatic heterocycles. The van der Waals surface area contributed by atoms with Crippen LogP contribution in [-0.4, -0.2) is 5.91 Å². The van der Waals surface area contributed by atoms with Crippen LogP contribution in [0, 0.1) is 64.1 Å². The SMILES string of the molecule is Cc1ccc(NC(C#N)=C(C#N)C#N)cc1NC(=O)C12CC3CC(CC(C3)C1)C2. The fourth-order valence-electron chi connectivity index (χ4n) is 5.91. The van der Waals surface area contributed by atoms with E-state index in [1.807, 2.05) is 19.1 Å². The standard InChI is InChI=1S/C23H23N5O/c1-14-2-3-19(27-21(13-26)18(11-24)12-25)7-20(14)28-22(29)23-8-15-4-16(9-23)6-17(5-15)10-23/h2-3,7,15-17,27H,4-6,8-10H2,1H3,(H,28,29). The average molecular weight is 385 g/mol. The molecule has 29 heavy (non-hydrogen) atoms. The minimum Gasteiger partial charge on any atom is -0.345 e. The number of hydrogen-bond acceptors (Lipinski definition) is 5. The summed E-state index contributed by atoms with van der Waals surface area (Å²) in [6.07, 6.45) is 6.85. The molecule has 1 aromatic rings. The summed E-state index contributed by atoms with van der Waals surface area (Å²) < 4.78 is 0. The van der Waals surface area contributed by atoms with Crippen molar-refractivity contribution >= 4 is 17.3 Å². The zero-order valence-electron chi connectivity index (χ0n) is 16.5. The molecule has 6 nitrogen and oxygen atoms in total. The Morgan fingerprint density at radius 2 is 1.55 bits per heavy atom. The van der Waals surface area contributed by atoms with Crippen LogP contribution in [0.2, 0.25) is 0 Å². The van der Waals surface area contributed by atoms with Crippen LogP contribution in [0.15, 0.2) is 29.5 Å². The van der Waals surface area contributed by atoms with E-state index < -0.39 is 0 Å². The first-order valence-electron chi connectivity index (χ1n) is 10.1. The monoisotopic (exact) mass is 385 g/mol. The van der Waals surface area contributed by atoms with Crippen LogP contribution in [0.3, 0.4) is 0 Å². The van der Waals surface area contributed by atoms with E-state index in [2.05, 4.69) is 10.6 Å². The van der Waals surface area contributed by atoms with Crippen LogP contribution in [-0.2, 0) is 4.79 Å². The first-order valence-corrected chi connectivity index (χ1v) is 10.1. The molecule has 0 heterocycles. The largest absolute Gasteiger partial charge is 0.345 e. The predicted molar refractivity (Wildman–Crippen MR) is 108 cm³/mol. The predicted octanol–water partition coefficient (Wildman–Crippen LogP) is 4.39. The smallest absolute Gasteiger partial charge is 0.230 e. The highest BCUT2D eigenvalue weighted by atomic mass is 16.2. The van der Waals surface area contributed by atoms with Crippen LogP contribution in [0.25, 0.3) is 0 Å². The molecule has 5 rings (SSSR count). The van der Waals surface area contributed by atoms with Gasteiger partial charge in [-0.2, -0.15) is 15.8 Å². The molecule has 4 bridgehead atoms. The first-order chi connectivity index (χ1) is 14.0. The molecule has 2 N–H and O–H groups in total. The number of rotatable bonds is 4. The number of allylic oxidation sites excluding steroid dienone is 2. The summed E-state index contributed by atoms with van der Waals surface area (Å²) in [6.45, 7) is 1.93. The number of amides is 1. The Bertz CT molecular complexity index is 966. The Morgan fingerprint density at radius 1 is 0.966 bits per heavy atom. The van der Waals surface area contributed by atoms with Crippen LogP contribution < -0.4 is 10.6 Å². The number of anilines is 2. The van der Waals surface area contributed by atoms with Gasteiger partial charge in [-0.25, -0.2) is 0 Å². The van der Waals surface area contributed by atoms with Crippen molar-refractivity contribution < 1.29 is 4.79 Å². The Balaban J connectivity index is 1.56. The lowest BCUT2D eigenvalue weighted by Crippen LogP contribution is -2.51. The van der Waals surface area contributed by atoms with E-state index in [4.69, 9.17) is 10.5 Å². The number of nitriles is 3.